The summed E-state index contributed by atoms with van der Waals surface area (Å²) in [5.74, 6) is 1.64. The van der Waals surface area contributed by atoms with Crippen molar-refractivity contribution in [3.05, 3.63) is 57.8 Å². The normalized spacial score (nSPS) is 17.9. The van der Waals surface area contributed by atoms with E-state index in [-0.39, 0.29) is 5.56 Å². The Labute approximate surface area is 154 Å². The lowest BCUT2D eigenvalue weighted by Gasteiger charge is -2.32. The van der Waals surface area contributed by atoms with Crippen molar-refractivity contribution in [2.24, 2.45) is 5.92 Å². The molecule has 5 nitrogen and oxygen atoms in total. The van der Waals surface area contributed by atoms with Crippen molar-refractivity contribution < 1.29 is 4.74 Å². The van der Waals surface area contributed by atoms with Gasteiger partial charge >= 0.3 is 0 Å². The number of piperidine rings is 1. The molecule has 1 saturated heterocycles. The van der Waals surface area contributed by atoms with Crippen LogP contribution in [-0.4, -0.2) is 40.7 Å². The van der Waals surface area contributed by atoms with Crippen LogP contribution in [-0.2, 0) is 19.4 Å². The first-order valence-corrected chi connectivity index (χ1v) is 9.67. The minimum absolute atomic E-state index is 0.100. The molecular weight excluding hydrogens is 326 g/mol. The molecule has 2 aliphatic heterocycles. The molecule has 2 aromatic rings. The van der Waals surface area contributed by atoms with Crippen LogP contribution in [0.5, 0.6) is 5.75 Å². The van der Waals surface area contributed by atoms with Gasteiger partial charge in [0.25, 0.3) is 5.56 Å². The smallest absolute Gasteiger partial charge is 0.256 e. The molecule has 0 saturated carbocycles. The molecule has 26 heavy (non-hydrogen) atoms. The summed E-state index contributed by atoms with van der Waals surface area (Å²) in [4.78, 5) is 18.9. The maximum Gasteiger partial charge on any atom is 0.256 e. The summed E-state index contributed by atoms with van der Waals surface area (Å²) in [6.45, 7) is 6.80. The second kappa shape index (κ2) is 7.62. The first-order valence-electron chi connectivity index (χ1n) is 9.67. The number of nitrogens with zero attached hydrogens (tertiary/aromatic N) is 3. The number of fused-ring (bicyclic) bond motifs is 1. The molecule has 4 rings (SSSR count). The third-order valence-corrected chi connectivity index (χ3v) is 5.71. The molecule has 1 fully saturated rings. The predicted molar refractivity (Wildman–Crippen MR) is 102 cm³/mol. The molecule has 1 aromatic heterocycles. The first-order chi connectivity index (χ1) is 12.7. The van der Waals surface area contributed by atoms with Crippen molar-refractivity contribution in [1.82, 2.24) is 14.5 Å². The Balaban J connectivity index is 1.26. The van der Waals surface area contributed by atoms with Crippen molar-refractivity contribution >= 4 is 0 Å². The highest BCUT2D eigenvalue weighted by atomic mass is 16.5. The van der Waals surface area contributed by atoms with Gasteiger partial charge in [-0.1, -0.05) is 12.1 Å². The van der Waals surface area contributed by atoms with Crippen LogP contribution in [0.25, 0.3) is 0 Å². The second-order valence-electron chi connectivity index (χ2n) is 7.61. The van der Waals surface area contributed by atoms with Gasteiger partial charge in [-0.25, -0.2) is 4.98 Å². The summed E-state index contributed by atoms with van der Waals surface area (Å²) in [6.07, 6.45) is 7.77. The highest BCUT2D eigenvalue weighted by Gasteiger charge is 2.20. The van der Waals surface area contributed by atoms with Gasteiger partial charge in [-0.2, -0.15) is 0 Å². The molecule has 1 aromatic carbocycles. The standard InChI is InChI=1S/C21H27N3O2/c1-16-13-22-15-24(21(16)25)14-18-5-9-23(10-6-18)8-4-17-2-3-20-19(12-17)7-11-26-20/h2-3,12-13,15,18H,4-11,14H2,1H3. The van der Waals surface area contributed by atoms with Gasteiger partial charge < -0.3 is 9.64 Å². The van der Waals surface area contributed by atoms with Gasteiger partial charge in [0.2, 0.25) is 0 Å². The van der Waals surface area contributed by atoms with Crippen molar-refractivity contribution in [3.63, 3.8) is 0 Å². The SMILES string of the molecule is Cc1cncn(CC2CCN(CCc3ccc4c(c3)CCO4)CC2)c1=O. The lowest BCUT2D eigenvalue weighted by molar-refractivity contribution is 0.174. The van der Waals surface area contributed by atoms with E-state index < -0.39 is 0 Å². The molecule has 2 aliphatic rings. The maximum absolute atomic E-state index is 12.2. The Morgan fingerprint density at radius 2 is 2.12 bits per heavy atom. The highest BCUT2D eigenvalue weighted by Crippen LogP contribution is 2.26. The number of benzene rings is 1. The number of aromatic nitrogens is 2. The first kappa shape index (κ1) is 17.3. The summed E-state index contributed by atoms with van der Waals surface area (Å²) in [5, 5.41) is 0. The minimum Gasteiger partial charge on any atom is -0.493 e. The minimum atomic E-state index is 0.100. The van der Waals surface area contributed by atoms with Crippen molar-refractivity contribution in [2.45, 2.75) is 39.2 Å². The number of likely N-dealkylation sites (tertiary alicyclic amines) is 1. The largest absolute Gasteiger partial charge is 0.493 e. The third kappa shape index (κ3) is 3.83. The van der Waals surface area contributed by atoms with Gasteiger partial charge in [0.05, 0.1) is 12.9 Å². The Morgan fingerprint density at radius 3 is 2.96 bits per heavy atom. The Bertz CT molecular complexity index is 822. The van der Waals surface area contributed by atoms with Crippen LogP contribution in [0.3, 0.4) is 0 Å². The fourth-order valence-corrected chi connectivity index (χ4v) is 4.04. The van der Waals surface area contributed by atoms with Crippen LogP contribution in [0.1, 0.15) is 29.5 Å². The quantitative estimate of drug-likeness (QED) is 0.828. The zero-order valence-electron chi connectivity index (χ0n) is 15.5. The fraction of sp³-hybridized carbons (Fsp3) is 0.524. The third-order valence-electron chi connectivity index (χ3n) is 5.71. The number of aryl methyl sites for hydroxylation is 1. The molecule has 0 aliphatic carbocycles. The number of hydrogen-bond acceptors (Lipinski definition) is 4. The Hall–Kier alpha value is -2.14. The molecule has 0 atom stereocenters. The van der Waals surface area contributed by atoms with Crippen LogP contribution < -0.4 is 10.3 Å². The van der Waals surface area contributed by atoms with E-state index in [4.69, 9.17) is 4.74 Å². The predicted octanol–water partition coefficient (Wildman–Crippen LogP) is 2.44. The van der Waals surface area contributed by atoms with Crippen molar-refractivity contribution in [2.75, 3.05) is 26.2 Å². The molecule has 3 heterocycles. The molecule has 0 radical (unpaired) electrons. The summed E-state index contributed by atoms with van der Waals surface area (Å²) < 4.78 is 7.37. The van der Waals surface area contributed by atoms with Crippen LogP contribution in [0, 0.1) is 12.8 Å². The van der Waals surface area contributed by atoms with E-state index in [1.165, 1.54) is 11.1 Å². The van der Waals surface area contributed by atoms with E-state index in [9.17, 15) is 4.79 Å². The van der Waals surface area contributed by atoms with E-state index in [2.05, 4.69) is 28.1 Å². The van der Waals surface area contributed by atoms with E-state index in [0.29, 0.717) is 5.92 Å². The molecule has 0 amide bonds. The van der Waals surface area contributed by atoms with E-state index in [1.54, 1.807) is 17.1 Å². The van der Waals surface area contributed by atoms with Gasteiger partial charge in [-0.3, -0.25) is 9.36 Å². The number of rotatable bonds is 5. The lowest BCUT2D eigenvalue weighted by Crippen LogP contribution is -2.37. The summed E-state index contributed by atoms with van der Waals surface area (Å²) in [7, 11) is 0. The van der Waals surface area contributed by atoms with Crippen molar-refractivity contribution in [1.29, 1.82) is 0 Å². The van der Waals surface area contributed by atoms with Crippen LogP contribution in [0.4, 0.5) is 0 Å². The van der Waals surface area contributed by atoms with E-state index in [0.717, 1.165) is 69.8 Å². The van der Waals surface area contributed by atoms with E-state index in [1.807, 2.05) is 6.92 Å². The zero-order chi connectivity index (χ0) is 17.9. The fourth-order valence-electron chi connectivity index (χ4n) is 4.04. The maximum atomic E-state index is 12.2. The lowest BCUT2D eigenvalue weighted by atomic mass is 9.96. The van der Waals surface area contributed by atoms with Crippen LogP contribution >= 0.6 is 0 Å². The average Bonchev–Trinajstić information content (AvgIpc) is 3.13. The zero-order valence-corrected chi connectivity index (χ0v) is 15.5. The van der Waals surface area contributed by atoms with E-state index >= 15 is 0 Å². The molecule has 0 spiro atoms. The molecule has 0 bridgehead atoms. The topological polar surface area (TPSA) is 47.4 Å². The number of hydrogen-bond donors (Lipinski definition) is 0. The summed E-state index contributed by atoms with van der Waals surface area (Å²) in [6, 6.07) is 6.64. The highest BCUT2D eigenvalue weighted by molar-refractivity contribution is 5.39. The molecule has 0 unspecified atom stereocenters. The van der Waals surface area contributed by atoms with Crippen LogP contribution in [0.2, 0.25) is 0 Å². The Kier molecular flexibility index (Phi) is 5.07. The summed E-state index contributed by atoms with van der Waals surface area (Å²) >= 11 is 0. The summed E-state index contributed by atoms with van der Waals surface area (Å²) in [5.41, 5.74) is 3.60. The second-order valence-corrected chi connectivity index (χ2v) is 7.61. The van der Waals surface area contributed by atoms with Gasteiger partial charge in [0.1, 0.15) is 5.75 Å². The number of ether oxygens (including phenoxy) is 1. The molecule has 138 valence electrons. The Morgan fingerprint density at radius 1 is 1.27 bits per heavy atom. The molecule has 5 heteroatoms. The van der Waals surface area contributed by atoms with Gasteiger partial charge in [0, 0.05) is 31.3 Å². The monoisotopic (exact) mass is 353 g/mol. The molecule has 0 N–H and O–H groups in total. The van der Waals surface area contributed by atoms with Gasteiger partial charge in [-0.15, -0.1) is 0 Å². The van der Waals surface area contributed by atoms with Gasteiger partial charge in [-0.05, 0) is 62.4 Å². The average molecular weight is 353 g/mol. The molecular formula is C21H27N3O2. The van der Waals surface area contributed by atoms with Gasteiger partial charge in [0.15, 0.2) is 0 Å². The van der Waals surface area contributed by atoms with Crippen LogP contribution in [0.15, 0.2) is 35.5 Å². The van der Waals surface area contributed by atoms with Crippen molar-refractivity contribution in [3.8, 4) is 5.75 Å².